The number of ether oxygens (including phenoxy) is 1. The zero-order valence-electron chi connectivity index (χ0n) is 15.1. The molecule has 0 unspecified atom stereocenters. The van der Waals surface area contributed by atoms with Gasteiger partial charge in [-0.05, 0) is 12.1 Å². The number of aryl methyl sites for hydroxylation is 1. The molecule has 3 aromatic heterocycles. The summed E-state index contributed by atoms with van der Waals surface area (Å²) in [5, 5.41) is 7.41. The third-order valence-electron chi connectivity index (χ3n) is 4.32. The standard InChI is InChI=1S/C17H15F3N6O3/c1-25-6-5-12(23-25)15(27)26-7-4-11(9-26)28-13-3-2-10(8-21-13)14-22-16(29-24-14)17(18,19)20/h2-3,5-6,8,11H,4,7,9H2,1H3/t11-/m1/s1. The van der Waals surface area contributed by atoms with Crippen molar-refractivity contribution in [2.24, 2.45) is 7.05 Å². The van der Waals surface area contributed by atoms with Crippen molar-refractivity contribution in [3.05, 3.63) is 42.2 Å². The maximum atomic E-state index is 12.5. The highest BCUT2D eigenvalue weighted by molar-refractivity contribution is 5.92. The molecule has 1 atom stereocenters. The minimum absolute atomic E-state index is 0.169. The van der Waals surface area contributed by atoms with Gasteiger partial charge in [0, 0.05) is 44.0 Å². The summed E-state index contributed by atoms with van der Waals surface area (Å²) < 4.78 is 49.2. The lowest BCUT2D eigenvalue weighted by molar-refractivity contribution is -0.159. The molecule has 3 aromatic rings. The topological polar surface area (TPSA) is 99.2 Å². The molecule has 4 rings (SSSR count). The van der Waals surface area contributed by atoms with Crippen molar-refractivity contribution in [1.29, 1.82) is 0 Å². The van der Waals surface area contributed by atoms with E-state index >= 15 is 0 Å². The lowest BCUT2D eigenvalue weighted by atomic mass is 10.2. The van der Waals surface area contributed by atoms with Crippen LogP contribution in [-0.2, 0) is 13.2 Å². The number of rotatable bonds is 4. The van der Waals surface area contributed by atoms with Gasteiger partial charge in [0.05, 0.1) is 6.54 Å². The van der Waals surface area contributed by atoms with E-state index in [1.807, 2.05) is 0 Å². The number of alkyl halides is 3. The molecule has 4 heterocycles. The van der Waals surface area contributed by atoms with Crippen LogP contribution in [0.4, 0.5) is 13.2 Å². The van der Waals surface area contributed by atoms with Crippen LogP contribution in [0, 0.1) is 0 Å². The maximum Gasteiger partial charge on any atom is 0.471 e. The molecule has 0 bridgehead atoms. The summed E-state index contributed by atoms with van der Waals surface area (Å²) in [6.45, 7) is 0.917. The minimum atomic E-state index is -4.71. The first-order valence-electron chi connectivity index (χ1n) is 8.62. The van der Waals surface area contributed by atoms with Crippen LogP contribution in [0.25, 0.3) is 11.4 Å². The van der Waals surface area contributed by atoms with Crippen LogP contribution >= 0.6 is 0 Å². The summed E-state index contributed by atoms with van der Waals surface area (Å²) in [4.78, 5) is 21.4. The van der Waals surface area contributed by atoms with E-state index in [1.165, 1.54) is 18.3 Å². The van der Waals surface area contributed by atoms with E-state index in [9.17, 15) is 18.0 Å². The molecule has 29 heavy (non-hydrogen) atoms. The van der Waals surface area contributed by atoms with Gasteiger partial charge in [-0.1, -0.05) is 5.16 Å². The molecule has 1 saturated heterocycles. The van der Waals surface area contributed by atoms with Crippen LogP contribution in [0.3, 0.4) is 0 Å². The van der Waals surface area contributed by atoms with Crippen LogP contribution in [0.1, 0.15) is 22.8 Å². The van der Waals surface area contributed by atoms with Crippen molar-refractivity contribution < 1.29 is 27.2 Å². The van der Waals surface area contributed by atoms with E-state index in [1.54, 1.807) is 28.9 Å². The minimum Gasteiger partial charge on any atom is -0.472 e. The summed E-state index contributed by atoms with van der Waals surface area (Å²) in [5.41, 5.74) is 0.629. The fourth-order valence-corrected chi connectivity index (χ4v) is 2.91. The van der Waals surface area contributed by atoms with Gasteiger partial charge in [0.2, 0.25) is 11.7 Å². The van der Waals surface area contributed by atoms with Crippen LogP contribution in [0.2, 0.25) is 0 Å². The summed E-state index contributed by atoms with van der Waals surface area (Å²) >= 11 is 0. The Morgan fingerprint density at radius 2 is 2.14 bits per heavy atom. The SMILES string of the molecule is Cn1ccc(C(=O)N2CC[C@@H](Oc3ccc(-c4noc(C(F)(F)F)n4)cn3)C2)n1. The second kappa shape index (κ2) is 7.18. The highest BCUT2D eigenvalue weighted by Crippen LogP contribution is 2.29. The fraction of sp³-hybridized carbons (Fsp3) is 0.353. The van der Waals surface area contributed by atoms with Gasteiger partial charge in [-0.25, -0.2) is 4.98 Å². The van der Waals surface area contributed by atoms with Crippen molar-refractivity contribution in [2.45, 2.75) is 18.7 Å². The van der Waals surface area contributed by atoms with Crippen LogP contribution < -0.4 is 4.74 Å². The third-order valence-corrected chi connectivity index (χ3v) is 4.32. The van der Waals surface area contributed by atoms with Crippen molar-refractivity contribution >= 4 is 5.91 Å². The van der Waals surface area contributed by atoms with E-state index in [0.717, 1.165) is 0 Å². The van der Waals surface area contributed by atoms with Gasteiger partial charge in [0.25, 0.3) is 5.91 Å². The molecule has 1 amide bonds. The quantitative estimate of drug-likeness (QED) is 0.652. The number of carbonyl (C=O) groups excluding carboxylic acids is 1. The first kappa shape index (κ1) is 18.9. The summed E-state index contributed by atoms with van der Waals surface area (Å²) in [6.07, 6.45) is -1.33. The van der Waals surface area contributed by atoms with Crippen LogP contribution in [0.5, 0.6) is 5.88 Å². The molecule has 152 valence electrons. The summed E-state index contributed by atoms with van der Waals surface area (Å²) in [6, 6.07) is 4.64. The lowest BCUT2D eigenvalue weighted by Crippen LogP contribution is -2.31. The number of carbonyl (C=O) groups is 1. The Bertz CT molecular complexity index is 1010. The molecule has 0 saturated carbocycles. The first-order valence-corrected chi connectivity index (χ1v) is 8.62. The Morgan fingerprint density at radius 1 is 1.31 bits per heavy atom. The van der Waals surface area contributed by atoms with Crippen LogP contribution in [-0.4, -0.2) is 54.9 Å². The molecule has 0 spiro atoms. The van der Waals surface area contributed by atoms with Crippen molar-refractivity contribution in [3.63, 3.8) is 0 Å². The number of nitrogens with zero attached hydrogens (tertiary/aromatic N) is 6. The molecule has 12 heteroatoms. The van der Waals surface area contributed by atoms with E-state index in [4.69, 9.17) is 4.74 Å². The Labute approximate surface area is 162 Å². The molecule has 1 aliphatic rings. The van der Waals surface area contributed by atoms with Gasteiger partial charge in [0.15, 0.2) is 0 Å². The molecule has 0 radical (unpaired) electrons. The predicted octanol–water partition coefficient (Wildman–Crippen LogP) is 2.18. The van der Waals surface area contributed by atoms with Crippen LogP contribution in [0.15, 0.2) is 35.1 Å². The zero-order chi connectivity index (χ0) is 20.6. The number of likely N-dealkylation sites (tertiary alicyclic amines) is 1. The Kier molecular flexibility index (Phi) is 4.68. The number of hydrogen-bond acceptors (Lipinski definition) is 7. The van der Waals surface area contributed by atoms with Gasteiger partial charge in [0.1, 0.15) is 11.8 Å². The number of aromatic nitrogens is 5. The molecular formula is C17H15F3N6O3. The third kappa shape index (κ3) is 4.05. The Balaban J connectivity index is 1.37. The second-order valence-electron chi connectivity index (χ2n) is 6.46. The molecule has 0 N–H and O–H groups in total. The molecule has 0 aliphatic carbocycles. The highest BCUT2D eigenvalue weighted by Gasteiger charge is 2.38. The molecule has 9 nitrogen and oxygen atoms in total. The van der Waals surface area contributed by atoms with Crippen molar-refractivity contribution in [1.82, 2.24) is 29.8 Å². The van der Waals surface area contributed by atoms with Gasteiger partial charge in [-0.3, -0.25) is 9.48 Å². The average Bonchev–Trinajstić information content (AvgIpc) is 3.42. The number of amides is 1. The van der Waals surface area contributed by atoms with Crippen molar-refractivity contribution in [3.8, 4) is 17.3 Å². The summed E-state index contributed by atoms with van der Waals surface area (Å²) in [5.74, 6) is -1.52. The Hall–Kier alpha value is -3.44. The van der Waals surface area contributed by atoms with E-state index in [2.05, 4.69) is 24.7 Å². The number of hydrogen-bond donors (Lipinski definition) is 0. The smallest absolute Gasteiger partial charge is 0.471 e. The fourth-order valence-electron chi connectivity index (χ4n) is 2.91. The van der Waals surface area contributed by atoms with E-state index < -0.39 is 12.1 Å². The molecule has 1 fully saturated rings. The van der Waals surface area contributed by atoms with E-state index in [-0.39, 0.29) is 29.3 Å². The Morgan fingerprint density at radius 3 is 2.76 bits per heavy atom. The molecule has 0 aromatic carbocycles. The molecular weight excluding hydrogens is 393 g/mol. The van der Waals surface area contributed by atoms with Gasteiger partial charge >= 0.3 is 12.1 Å². The average molecular weight is 408 g/mol. The van der Waals surface area contributed by atoms with Gasteiger partial charge < -0.3 is 14.2 Å². The number of halogens is 3. The van der Waals surface area contributed by atoms with Gasteiger partial charge in [-0.15, -0.1) is 0 Å². The monoisotopic (exact) mass is 408 g/mol. The molecule has 1 aliphatic heterocycles. The maximum absolute atomic E-state index is 12.5. The van der Waals surface area contributed by atoms with Gasteiger partial charge in [-0.2, -0.15) is 23.3 Å². The second-order valence-corrected chi connectivity index (χ2v) is 6.46. The largest absolute Gasteiger partial charge is 0.472 e. The normalized spacial score (nSPS) is 17.0. The first-order chi connectivity index (χ1) is 13.8. The highest BCUT2D eigenvalue weighted by atomic mass is 19.4. The van der Waals surface area contributed by atoms with Crippen molar-refractivity contribution in [2.75, 3.05) is 13.1 Å². The predicted molar refractivity (Wildman–Crippen MR) is 90.7 cm³/mol. The van der Waals surface area contributed by atoms with E-state index in [0.29, 0.717) is 25.2 Å². The zero-order valence-corrected chi connectivity index (χ0v) is 15.1. The number of pyridine rings is 1. The lowest BCUT2D eigenvalue weighted by Gasteiger charge is -2.15. The summed E-state index contributed by atoms with van der Waals surface area (Å²) in [7, 11) is 1.74.